The average molecular weight is 153 g/mol. The highest BCUT2D eigenvalue weighted by Gasteiger charge is 2.50. The molecule has 0 spiro atoms. The molecule has 2 rings (SSSR count). The van der Waals surface area contributed by atoms with Gasteiger partial charge in [-0.25, -0.2) is 0 Å². The number of hydrogen-bond acceptors (Lipinski definition) is 2. The van der Waals surface area contributed by atoms with Crippen molar-refractivity contribution in [1.82, 2.24) is 5.32 Å². The zero-order valence-corrected chi connectivity index (χ0v) is 7.09. The summed E-state index contributed by atoms with van der Waals surface area (Å²) in [6.45, 7) is 4.64. The van der Waals surface area contributed by atoms with Gasteiger partial charge in [0.1, 0.15) is 0 Å². The lowest BCUT2D eigenvalue weighted by Gasteiger charge is -2.25. The molecule has 2 bridgehead atoms. The van der Waals surface area contributed by atoms with Gasteiger partial charge in [-0.3, -0.25) is 5.32 Å². The van der Waals surface area contributed by atoms with Gasteiger partial charge in [0, 0.05) is 23.6 Å². The average Bonchev–Trinajstić information content (AvgIpc) is 2.36. The summed E-state index contributed by atoms with van der Waals surface area (Å²) in [5.74, 6) is 0.400. The van der Waals surface area contributed by atoms with Gasteiger partial charge in [0.05, 0.1) is 0 Å². The first kappa shape index (κ1) is 7.32. The molecule has 2 N–H and O–H groups in total. The molecule has 1 fully saturated rings. The highest BCUT2D eigenvalue weighted by molar-refractivity contribution is 5.30. The number of hydrogen-bond donors (Lipinski definition) is 2. The number of nitrogens with one attached hydrogen (secondary N) is 1. The molecule has 0 aromatic carbocycles. The molecule has 2 aliphatic rings. The maximum Gasteiger partial charge on any atom is 0.0480 e. The van der Waals surface area contributed by atoms with E-state index in [2.05, 4.69) is 31.3 Å². The van der Waals surface area contributed by atoms with Crippen LogP contribution < -0.4 is 5.32 Å². The molecule has 1 unspecified atom stereocenters. The predicted molar refractivity (Wildman–Crippen MR) is 44.3 cm³/mol. The first-order chi connectivity index (χ1) is 5.08. The Morgan fingerprint density at radius 1 is 1.55 bits per heavy atom. The zero-order valence-electron chi connectivity index (χ0n) is 7.09. The van der Waals surface area contributed by atoms with Crippen LogP contribution in [0.1, 0.15) is 20.3 Å². The Balaban J connectivity index is 2.30. The van der Waals surface area contributed by atoms with E-state index in [0.717, 1.165) is 6.42 Å². The minimum Gasteiger partial charge on any atom is -0.396 e. The van der Waals surface area contributed by atoms with E-state index >= 15 is 0 Å². The monoisotopic (exact) mass is 153 g/mol. The molecule has 0 amide bonds. The van der Waals surface area contributed by atoms with Crippen molar-refractivity contribution in [3.8, 4) is 0 Å². The quantitative estimate of drug-likeness (QED) is 0.543. The lowest BCUT2D eigenvalue weighted by molar-refractivity contribution is 0.192. The number of rotatable bonds is 1. The first-order valence-electron chi connectivity index (χ1n) is 4.19. The van der Waals surface area contributed by atoms with Crippen LogP contribution in [0.15, 0.2) is 12.2 Å². The Labute approximate surface area is 67.3 Å². The van der Waals surface area contributed by atoms with Crippen molar-refractivity contribution >= 4 is 0 Å². The molecule has 0 saturated carbocycles. The van der Waals surface area contributed by atoms with E-state index in [0.29, 0.717) is 12.5 Å². The molecule has 2 aliphatic heterocycles. The van der Waals surface area contributed by atoms with Crippen LogP contribution in [0.25, 0.3) is 0 Å². The molecule has 2 heterocycles. The number of aliphatic hydroxyl groups excluding tert-OH is 1. The molecular formula is C9H15NO. The van der Waals surface area contributed by atoms with Crippen LogP contribution in [0.4, 0.5) is 0 Å². The van der Waals surface area contributed by atoms with E-state index in [-0.39, 0.29) is 11.1 Å². The molecule has 3 atom stereocenters. The van der Waals surface area contributed by atoms with Gasteiger partial charge in [0.15, 0.2) is 0 Å². The molecule has 0 radical (unpaired) electrons. The lowest BCUT2D eigenvalue weighted by Crippen LogP contribution is -2.42. The molecule has 2 heteroatoms. The minimum absolute atomic E-state index is 0.0590. The minimum atomic E-state index is 0.0590. The van der Waals surface area contributed by atoms with Gasteiger partial charge in [-0.15, -0.1) is 0 Å². The number of fused-ring (bicyclic) bond motifs is 2. The third kappa shape index (κ3) is 0.861. The van der Waals surface area contributed by atoms with Gasteiger partial charge in [-0.1, -0.05) is 12.2 Å². The van der Waals surface area contributed by atoms with E-state index in [1.165, 1.54) is 0 Å². The Bertz CT molecular complexity index is 214. The summed E-state index contributed by atoms with van der Waals surface area (Å²) >= 11 is 0. The molecule has 0 aromatic rings. The van der Waals surface area contributed by atoms with E-state index in [1.54, 1.807) is 0 Å². The highest BCUT2D eigenvalue weighted by atomic mass is 16.3. The smallest absolute Gasteiger partial charge is 0.0480 e. The second-order valence-electron chi connectivity index (χ2n) is 4.24. The van der Waals surface area contributed by atoms with Gasteiger partial charge in [0.2, 0.25) is 0 Å². The molecular weight excluding hydrogens is 138 g/mol. The van der Waals surface area contributed by atoms with Crippen LogP contribution >= 0.6 is 0 Å². The van der Waals surface area contributed by atoms with Crippen molar-refractivity contribution in [2.75, 3.05) is 6.61 Å². The summed E-state index contributed by atoms with van der Waals surface area (Å²) in [5.41, 5.74) is 0.214. The van der Waals surface area contributed by atoms with Crippen molar-refractivity contribution in [3.63, 3.8) is 0 Å². The maximum atomic E-state index is 9.09. The van der Waals surface area contributed by atoms with E-state index < -0.39 is 0 Å². The largest absolute Gasteiger partial charge is 0.396 e. The fourth-order valence-corrected chi connectivity index (χ4v) is 2.39. The van der Waals surface area contributed by atoms with Crippen LogP contribution in [-0.2, 0) is 0 Å². The molecule has 62 valence electrons. The fourth-order valence-electron chi connectivity index (χ4n) is 2.39. The molecule has 0 aromatic heterocycles. The van der Waals surface area contributed by atoms with Crippen LogP contribution in [0.2, 0.25) is 0 Å². The zero-order chi connectivity index (χ0) is 8.11. The van der Waals surface area contributed by atoms with Crippen molar-refractivity contribution < 1.29 is 5.11 Å². The van der Waals surface area contributed by atoms with Crippen LogP contribution in [0, 0.1) is 5.92 Å². The van der Waals surface area contributed by atoms with Crippen LogP contribution in [0.5, 0.6) is 0 Å². The Morgan fingerprint density at radius 2 is 2.27 bits per heavy atom. The van der Waals surface area contributed by atoms with Gasteiger partial charge in [-0.05, 0) is 20.3 Å². The van der Waals surface area contributed by atoms with E-state index in [9.17, 15) is 0 Å². The topological polar surface area (TPSA) is 32.3 Å². The normalized spacial score (nSPS) is 53.9. The number of aliphatic hydroxyl groups is 1. The summed E-state index contributed by atoms with van der Waals surface area (Å²) in [6, 6.07) is 0. The van der Waals surface area contributed by atoms with Gasteiger partial charge >= 0.3 is 0 Å². The summed E-state index contributed by atoms with van der Waals surface area (Å²) in [4.78, 5) is 0. The summed E-state index contributed by atoms with van der Waals surface area (Å²) in [5, 5.41) is 12.6. The van der Waals surface area contributed by atoms with Crippen molar-refractivity contribution in [3.05, 3.63) is 12.2 Å². The predicted octanol–water partition coefficient (Wildman–Crippen LogP) is 0.675. The second-order valence-corrected chi connectivity index (χ2v) is 4.24. The molecule has 0 aliphatic carbocycles. The molecule has 1 saturated heterocycles. The third-order valence-corrected chi connectivity index (χ3v) is 3.09. The molecule has 11 heavy (non-hydrogen) atoms. The van der Waals surface area contributed by atoms with Gasteiger partial charge in [-0.2, -0.15) is 0 Å². The van der Waals surface area contributed by atoms with Crippen molar-refractivity contribution in [1.29, 1.82) is 0 Å². The lowest BCUT2D eigenvalue weighted by atomic mass is 9.81. The van der Waals surface area contributed by atoms with Crippen molar-refractivity contribution in [2.24, 2.45) is 5.92 Å². The first-order valence-corrected chi connectivity index (χ1v) is 4.19. The summed E-state index contributed by atoms with van der Waals surface area (Å²) in [6.07, 6.45) is 5.48. The summed E-state index contributed by atoms with van der Waals surface area (Å²) in [7, 11) is 0. The Kier molecular flexibility index (Phi) is 1.25. The standard InChI is InChI=1S/C9H15NO/c1-8-3-4-9(2,10-8)7(5-8)6-11/h3-4,7,10-11H,5-6H2,1-2H3/t7?,8-,9+/m0/s1. The third-order valence-electron chi connectivity index (χ3n) is 3.09. The Hall–Kier alpha value is -0.340. The maximum absolute atomic E-state index is 9.09. The van der Waals surface area contributed by atoms with Gasteiger partial charge < -0.3 is 5.11 Å². The van der Waals surface area contributed by atoms with E-state index in [1.807, 2.05) is 0 Å². The Morgan fingerprint density at radius 3 is 2.55 bits per heavy atom. The molecule has 2 nitrogen and oxygen atoms in total. The highest BCUT2D eigenvalue weighted by Crippen LogP contribution is 2.42. The SMILES string of the molecule is C[C@@]12C=C[C@@](C)(N1)C(CO)C2. The summed E-state index contributed by atoms with van der Waals surface area (Å²) < 4.78 is 0. The second kappa shape index (κ2) is 1.87. The van der Waals surface area contributed by atoms with Crippen molar-refractivity contribution in [2.45, 2.75) is 31.3 Å². The van der Waals surface area contributed by atoms with Gasteiger partial charge in [0.25, 0.3) is 0 Å². The van der Waals surface area contributed by atoms with E-state index in [4.69, 9.17) is 5.11 Å². The van der Waals surface area contributed by atoms with Crippen LogP contribution in [0.3, 0.4) is 0 Å². The fraction of sp³-hybridized carbons (Fsp3) is 0.778. The van der Waals surface area contributed by atoms with Crippen LogP contribution in [-0.4, -0.2) is 22.8 Å².